The maximum atomic E-state index is 12.2. The average Bonchev–Trinajstić information content (AvgIpc) is 1.78. The largest absolute Gasteiger partial charge is 0.513 e. The first-order valence-corrected chi connectivity index (χ1v) is 4.00. The summed E-state index contributed by atoms with van der Waals surface area (Å²) in [5.74, 6) is 0. The molecule has 1 rings (SSSR count). The van der Waals surface area contributed by atoms with Crippen molar-refractivity contribution in [1.29, 1.82) is 0 Å². The van der Waals surface area contributed by atoms with Crippen molar-refractivity contribution in [3.63, 3.8) is 0 Å². The smallest absolute Gasteiger partial charge is 0.281 e. The van der Waals surface area contributed by atoms with E-state index in [1.165, 1.54) is 0 Å². The van der Waals surface area contributed by atoms with E-state index in [2.05, 4.69) is 9.05 Å². The maximum Gasteiger partial charge on any atom is 0.513 e. The number of hydrogen-bond acceptors (Lipinski definition) is 3. The number of halogens is 1. The fraction of sp³-hybridized carbons (Fsp3) is 1.00. The lowest BCUT2D eigenvalue weighted by atomic mass is 10.2. The Kier molecular flexibility index (Phi) is 1.42. The van der Waals surface area contributed by atoms with Gasteiger partial charge in [-0.1, -0.05) is 0 Å². The highest BCUT2D eigenvalue weighted by Gasteiger charge is 2.42. The molecule has 0 aromatic rings. The summed E-state index contributed by atoms with van der Waals surface area (Å²) in [6, 6.07) is 0. The van der Waals surface area contributed by atoms with E-state index >= 15 is 0 Å². The lowest BCUT2D eigenvalue weighted by molar-refractivity contribution is 0.133. The van der Waals surface area contributed by atoms with Gasteiger partial charge in [-0.25, -0.2) is 4.57 Å². The molecule has 0 radical (unpaired) electrons. The van der Waals surface area contributed by atoms with Crippen molar-refractivity contribution in [2.75, 3.05) is 6.61 Å². The monoisotopic (exact) mass is 154 g/mol. The fourth-order valence-electron chi connectivity index (χ4n) is 0.580. The topological polar surface area (TPSA) is 35.5 Å². The van der Waals surface area contributed by atoms with Crippen LogP contribution in [-0.4, -0.2) is 12.2 Å². The lowest BCUT2D eigenvalue weighted by Crippen LogP contribution is -2.20. The first kappa shape index (κ1) is 7.19. The van der Waals surface area contributed by atoms with Crippen LogP contribution < -0.4 is 0 Å². The summed E-state index contributed by atoms with van der Waals surface area (Å²) in [5, 5.41) is 0. The summed E-state index contributed by atoms with van der Waals surface area (Å²) in [5.41, 5.74) is -0.732. The van der Waals surface area contributed by atoms with Crippen LogP contribution in [0.3, 0.4) is 0 Å². The van der Waals surface area contributed by atoms with Crippen molar-refractivity contribution in [2.24, 2.45) is 0 Å². The normalized spacial score (nSPS) is 41.2. The van der Waals surface area contributed by atoms with Crippen molar-refractivity contribution in [1.82, 2.24) is 0 Å². The molecule has 0 unspecified atom stereocenters. The van der Waals surface area contributed by atoms with Gasteiger partial charge in [0.15, 0.2) is 0 Å². The van der Waals surface area contributed by atoms with Gasteiger partial charge in [0, 0.05) is 0 Å². The van der Waals surface area contributed by atoms with Gasteiger partial charge in [-0.3, -0.25) is 9.05 Å². The lowest BCUT2D eigenvalue weighted by Gasteiger charge is -2.10. The van der Waals surface area contributed by atoms with Crippen LogP contribution in [0.2, 0.25) is 0 Å². The van der Waals surface area contributed by atoms with Crippen LogP contribution in [-0.2, 0) is 13.6 Å². The second-order valence-corrected chi connectivity index (χ2v) is 3.86. The third kappa shape index (κ3) is 1.75. The molecule has 1 saturated heterocycles. The van der Waals surface area contributed by atoms with E-state index in [1.807, 2.05) is 0 Å². The summed E-state index contributed by atoms with van der Waals surface area (Å²) in [6.07, 6.45) is 0. The Bertz CT molecular complexity index is 167. The van der Waals surface area contributed by atoms with Gasteiger partial charge in [0.1, 0.15) is 0 Å². The maximum absolute atomic E-state index is 12.2. The fourth-order valence-corrected chi connectivity index (χ4v) is 1.74. The molecule has 0 spiro atoms. The first-order chi connectivity index (χ1) is 3.91. The van der Waals surface area contributed by atoms with E-state index in [1.54, 1.807) is 13.8 Å². The molecule has 0 aromatic heterocycles. The van der Waals surface area contributed by atoms with Crippen LogP contribution in [0.25, 0.3) is 0 Å². The highest BCUT2D eigenvalue weighted by molar-refractivity contribution is 7.48. The van der Waals surface area contributed by atoms with Gasteiger partial charge in [-0.05, 0) is 13.8 Å². The van der Waals surface area contributed by atoms with Gasteiger partial charge in [0.05, 0.1) is 12.2 Å². The van der Waals surface area contributed by atoms with Crippen LogP contribution in [0, 0.1) is 0 Å². The third-order valence-corrected chi connectivity index (χ3v) is 2.07. The van der Waals surface area contributed by atoms with Crippen molar-refractivity contribution in [2.45, 2.75) is 19.4 Å². The minimum absolute atomic E-state index is 0.0563. The van der Waals surface area contributed by atoms with E-state index in [4.69, 9.17) is 0 Å². The van der Waals surface area contributed by atoms with Gasteiger partial charge < -0.3 is 0 Å². The molecule has 0 aromatic carbocycles. The van der Waals surface area contributed by atoms with Gasteiger partial charge in [-0.2, -0.15) is 0 Å². The molecule has 5 heteroatoms. The number of rotatable bonds is 0. The van der Waals surface area contributed by atoms with Crippen LogP contribution in [0.1, 0.15) is 13.8 Å². The first-order valence-electron chi connectivity index (χ1n) is 2.56. The number of hydrogen-bond donors (Lipinski definition) is 0. The Morgan fingerprint density at radius 3 is 2.33 bits per heavy atom. The van der Waals surface area contributed by atoms with E-state index in [0.29, 0.717) is 0 Å². The summed E-state index contributed by atoms with van der Waals surface area (Å²) in [7, 11) is -4.16. The standard InChI is InChI=1S/C4H8FO3P/c1-4(2)3-7-9(5,6)8-4/h3H2,1-2H3/t9-/m1/s1. The molecule has 1 heterocycles. The van der Waals surface area contributed by atoms with E-state index in [0.717, 1.165) is 0 Å². The molecule has 3 nitrogen and oxygen atoms in total. The Balaban J connectivity index is 2.69. The molecule has 1 aliphatic rings. The molecular weight excluding hydrogens is 146 g/mol. The molecule has 0 saturated carbocycles. The van der Waals surface area contributed by atoms with E-state index in [9.17, 15) is 8.76 Å². The third-order valence-electron chi connectivity index (χ3n) is 0.923. The molecule has 9 heavy (non-hydrogen) atoms. The van der Waals surface area contributed by atoms with Crippen LogP contribution >= 0.6 is 7.91 Å². The van der Waals surface area contributed by atoms with Crippen LogP contribution in [0.4, 0.5) is 4.20 Å². The highest BCUT2D eigenvalue weighted by atomic mass is 31.2. The molecule has 0 aliphatic carbocycles. The molecule has 54 valence electrons. The zero-order chi connectivity index (χ0) is 7.12. The van der Waals surface area contributed by atoms with E-state index < -0.39 is 13.5 Å². The predicted octanol–water partition coefficient (Wildman–Crippen LogP) is 1.89. The Morgan fingerprint density at radius 2 is 2.22 bits per heavy atom. The van der Waals surface area contributed by atoms with Crippen molar-refractivity contribution < 1.29 is 17.8 Å². The molecular formula is C4H8FO3P. The summed E-state index contributed by atoms with van der Waals surface area (Å²) in [4.78, 5) is 0. The molecule has 1 atom stereocenters. The zero-order valence-electron chi connectivity index (χ0n) is 5.26. The van der Waals surface area contributed by atoms with Crippen molar-refractivity contribution in [3.8, 4) is 0 Å². The van der Waals surface area contributed by atoms with Gasteiger partial charge in [-0.15, -0.1) is 4.20 Å². The van der Waals surface area contributed by atoms with Crippen LogP contribution in [0.15, 0.2) is 0 Å². The molecule has 1 fully saturated rings. The molecule has 0 N–H and O–H groups in total. The Hall–Kier alpha value is 0.0800. The van der Waals surface area contributed by atoms with E-state index in [-0.39, 0.29) is 6.61 Å². The summed E-state index contributed by atoms with van der Waals surface area (Å²) in [6.45, 7) is 3.29. The molecule has 0 bridgehead atoms. The van der Waals surface area contributed by atoms with Gasteiger partial charge in [0.25, 0.3) is 0 Å². The van der Waals surface area contributed by atoms with Gasteiger partial charge >= 0.3 is 7.91 Å². The summed E-state index contributed by atoms with van der Waals surface area (Å²) < 4.78 is 31.2. The quantitative estimate of drug-likeness (QED) is 0.500. The van der Waals surface area contributed by atoms with Crippen LogP contribution in [0.5, 0.6) is 0 Å². The minimum atomic E-state index is -4.16. The van der Waals surface area contributed by atoms with Crippen molar-refractivity contribution >= 4 is 7.91 Å². The molecule has 1 aliphatic heterocycles. The SMILES string of the molecule is CC1(C)CO[P@](=O)(F)O1. The average molecular weight is 154 g/mol. The second kappa shape index (κ2) is 1.78. The predicted molar refractivity (Wildman–Crippen MR) is 29.8 cm³/mol. The van der Waals surface area contributed by atoms with Gasteiger partial charge in [0.2, 0.25) is 0 Å². The zero-order valence-corrected chi connectivity index (χ0v) is 6.15. The highest BCUT2D eigenvalue weighted by Crippen LogP contribution is 2.58. The Labute approximate surface area is 52.8 Å². The van der Waals surface area contributed by atoms with Crippen molar-refractivity contribution in [3.05, 3.63) is 0 Å². The molecule has 0 amide bonds. The Morgan fingerprint density at radius 1 is 1.67 bits per heavy atom. The minimum Gasteiger partial charge on any atom is -0.281 e. The second-order valence-electron chi connectivity index (χ2n) is 2.56. The summed E-state index contributed by atoms with van der Waals surface area (Å²) >= 11 is 0.